The van der Waals surface area contributed by atoms with E-state index < -0.39 is 5.60 Å². The predicted octanol–water partition coefficient (Wildman–Crippen LogP) is 5.48. The first kappa shape index (κ1) is 21.5. The molecule has 1 N–H and O–H groups in total. The fourth-order valence-corrected chi connectivity index (χ4v) is 4.50. The van der Waals surface area contributed by atoms with Gasteiger partial charge in [-0.3, -0.25) is 4.79 Å². The van der Waals surface area contributed by atoms with Gasteiger partial charge in [0.2, 0.25) is 0 Å². The van der Waals surface area contributed by atoms with Gasteiger partial charge in [-0.25, -0.2) is 4.98 Å². The lowest BCUT2D eigenvalue weighted by Gasteiger charge is -2.29. The minimum Gasteiger partial charge on any atom is -0.385 e. The molecular weight excluding hydrogens is 410 g/mol. The number of hydrogen-bond donors (Lipinski definition) is 1. The maximum Gasteiger partial charge on any atom is 0.136 e. The second-order valence-corrected chi connectivity index (χ2v) is 9.03. The maximum absolute atomic E-state index is 12.6. The quantitative estimate of drug-likeness (QED) is 0.508. The molecule has 0 saturated heterocycles. The molecule has 0 amide bonds. The highest BCUT2D eigenvalue weighted by Crippen LogP contribution is 2.37. The van der Waals surface area contributed by atoms with Crippen LogP contribution in [-0.4, -0.2) is 20.4 Å². The summed E-state index contributed by atoms with van der Waals surface area (Å²) in [6.45, 7) is 1.69. The first-order chi connectivity index (χ1) is 14.9. The average Bonchev–Trinajstić information content (AvgIpc) is 3.03. The molecule has 1 heterocycles. The molecule has 0 radical (unpaired) electrons. The molecule has 1 atom stereocenters. The van der Waals surface area contributed by atoms with Crippen LogP contribution >= 0.6 is 11.6 Å². The molecule has 0 aliphatic heterocycles. The Hall–Kier alpha value is -2.68. The Kier molecular flexibility index (Phi) is 6.13. The van der Waals surface area contributed by atoms with Crippen molar-refractivity contribution in [3.05, 3.63) is 64.4 Å². The number of carbonyl (C=O) groups is 1. The summed E-state index contributed by atoms with van der Waals surface area (Å²) < 4.78 is 2.24. The number of Topliss-reactive ketones (excluding diaryl/α,β-unsaturated/α-hetero) is 1. The van der Waals surface area contributed by atoms with Gasteiger partial charge in [0.1, 0.15) is 17.7 Å². The Bertz CT molecular complexity index is 1140. The fourth-order valence-electron chi connectivity index (χ4n) is 4.30. The van der Waals surface area contributed by atoms with Gasteiger partial charge >= 0.3 is 0 Å². The van der Waals surface area contributed by atoms with Gasteiger partial charge < -0.3 is 9.67 Å². The Labute approximate surface area is 187 Å². The number of nitriles is 1. The topological polar surface area (TPSA) is 78.9 Å². The van der Waals surface area contributed by atoms with Gasteiger partial charge in [0.05, 0.1) is 27.2 Å². The number of carbonyl (C=O) groups excluding carboxylic acids is 1. The Morgan fingerprint density at radius 2 is 2.06 bits per heavy atom. The minimum absolute atomic E-state index is 0.0370. The summed E-state index contributed by atoms with van der Waals surface area (Å²) in [6.07, 6.45) is 5.21. The SMILES string of the molecule is C[C@](O)(CC(=O)CCCc1nc2cc(Cl)c(C#N)cc2n1C1CCC1)c1ccccc1. The molecule has 2 aromatic carbocycles. The summed E-state index contributed by atoms with van der Waals surface area (Å²) in [5, 5.41) is 20.5. The molecule has 5 nitrogen and oxygen atoms in total. The molecule has 1 aliphatic rings. The van der Waals surface area contributed by atoms with E-state index in [2.05, 4.69) is 10.6 Å². The Morgan fingerprint density at radius 1 is 1.32 bits per heavy atom. The zero-order chi connectivity index (χ0) is 22.0. The van der Waals surface area contributed by atoms with E-state index in [1.165, 1.54) is 6.42 Å². The fraction of sp³-hybridized carbons (Fsp3) is 0.400. The third-order valence-electron chi connectivity index (χ3n) is 6.20. The first-order valence-electron chi connectivity index (χ1n) is 10.8. The summed E-state index contributed by atoms with van der Waals surface area (Å²) in [5.41, 5.74) is 1.78. The molecular formula is C25H26ClN3O2. The van der Waals surface area contributed by atoms with Crippen LogP contribution in [0.1, 0.15) is 68.4 Å². The number of aromatic nitrogens is 2. The summed E-state index contributed by atoms with van der Waals surface area (Å²) in [7, 11) is 0. The number of imidazole rings is 1. The number of nitrogens with zero attached hydrogens (tertiary/aromatic N) is 3. The molecule has 1 aliphatic carbocycles. The van der Waals surface area contributed by atoms with E-state index in [4.69, 9.17) is 16.6 Å². The van der Waals surface area contributed by atoms with Crippen LogP contribution in [0, 0.1) is 11.3 Å². The number of fused-ring (bicyclic) bond motifs is 1. The van der Waals surface area contributed by atoms with E-state index in [9.17, 15) is 15.2 Å². The average molecular weight is 436 g/mol. The monoisotopic (exact) mass is 435 g/mol. The van der Waals surface area contributed by atoms with Crippen LogP contribution in [0.2, 0.25) is 5.02 Å². The van der Waals surface area contributed by atoms with Crippen molar-refractivity contribution in [3.8, 4) is 6.07 Å². The largest absolute Gasteiger partial charge is 0.385 e. The van der Waals surface area contributed by atoms with Crippen molar-refractivity contribution in [1.29, 1.82) is 5.26 Å². The van der Waals surface area contributed by atoms with Gasteiger partial charge in [0.25, 0.3) is 0 Å². The van der Waals surface area contributed by atoms with Gasteiger partial charge in [-0.1, -0.05) is 41.9 Å². The van der Waals surface area contributed by atoms with Crippen LogP contribution in [-0.2, 0) is 16.8 Å². The minimum atomic E-state index is -1.16. The highest BCUT2D eigenvalue weighted by atomic mass is 35.5. The molecule has 31 heavy (non-hydrogen) atoms. The van der Waals surface area contributed by atoms with Crippen LogP contribution in [0.15, 0.2) is 42.5 Å². The van der Waals surface area contributed by atoms with Crippen molar-refractivity contribution in [2.24, 2.45) is 0 Å². The summed E-state index contributed by atoms with van der Waals surface area (Å²) in [5.74, 6) is 0.975. The van der Waals surface area contributed by atoms with Gasteiger partial charge in [-0.05, 0) is 50.3 Å². The molecule has 4 rings (SSSR count). The molecule has 6 heteroatoms. The molecule has 0 spiro atoms. The van der Waals surface area contributed by atoms with Crippen molar-refractivity contribution < 1.29 is 9.90 Å². The number of rotatable bonds is 8. The van der Waals surface area contributed by atoms with E-state index in [0.29, 0.717) is 35.9 Å². The summed E-state index contributed by atoms with van der Waals surface area (Å²) in [6, 6.07) is 15.4. The van der Waals surface area contributed by atoms with Gasteiger partial charge in [0.15, 0.2) is 0 Å². The predicted molar refractivity (Wildman–Crippen MR) is 121 cm³/mol. The normalized spacial score (nSPS) is 15.9. The standard InChI is InChI=1S/C25H26ClN3O2/c1-25(31,18-7-3-2-4-8-18)15-20(30)11-6-12-24-28-22-14-21(26)17(16-27)13-23(22)29(24)19-9-5-10-19/h2-4,7-8,13-14,19,31H,5-6,9-12,15H2,1H3/t25-/m0/s1. The number of aryl methyl sites for hydroxylation is 1. The Morgan fingerprint density at radius 3 is 2.71 bits per heavy atom. The molecule has 1 fully saturated rings. The second-order valence-electron chi connectivity index (χ2n) is 8.62. The van der Waals surface area contributed by atoms with Gasteiger partial charge in [-0.15, -0.1) is 0 Å². The van der Waals surface area contributed by atoms with Gasteiger partial charge in [0, 0.05) is 25.3 Å². The summed E-state index contributed by atoms with van der Waals surface area (Å²) in [4.78, 5) is 17.3. The van der Waals surface area contributed by atoms with E-state index in [0.717, 1.165) is 35.3 Å². The van der Waals surface area contributed by atoms with Crippen molar-refractivity contribution in [1.82, 2.24) is 9.55 Å². The number of aliphatic hydroxyl groups is 1. The van der Waals surface area contributed by atoms with E-state index >= 15 is 0 Å². The second kappa shape index (κ2) is 8.82. The molecule has 1 aromatic heterocycles. The van der Waals surface area contributed by atoms with Crippen LogP contribution in [0.5, 0.6) is 0 Å². The van der Waals surface area contributed by atoms with E-state index in [-0.39, 0.29) is 12.2 Å². The highest BCUT2D eigenvalue weighted by Gasteiger charge is 2.27. The zero-order valence-electron chi connectivity index (χ0n) is 17.6. The van der Waals surface area contributed by atoms with Crippen LogP contribution in [0.3, 0.4) is 0 Å². The van der Waals surface area contributed by atoms with E-state index in [1.54, 1.807) is 13.0 Å². The zero-order valence-corrected chi connectivity index (χ0v) is 18.4. The third-order valence-corrected chi connectivity index (χ3v) is 6.52. The lowest BCUT2D eigenvalue weighted by molar-refractivity contribution is -0.123. The number of halogens is 1. The highest BCUT2D eigenvalue weighted by molar-refractivity contribution is 6.32. The van der Waals surface area contributed by atoms with Gasteiger partial charge in [-0.2, -0.15) is 5.26 Å². The van der Waals surface area contributed by atoms with Crippen LogP contribution < -0.4 is 0 Å². The molecule has 0 unspecified atom stereocenters. The van der Waals surface area contributed by atoms with Crippen LogP contribution in [0.4, 0.5) is 0 Å². The smallest absolute Gasteiger partial charge is 0.136 e. The van der Waals surface area contributed by atoms with E-state index in [1.807, 2.05) is 36.4 Å². The lowest BCUT2D eigenvalue weighted by atomic mass is 9.89. The molecule has 3 aromatic rings. The molecule has 160 valence electrons. The molecule has 1 saturated carbocycles. The lowest BCUT2D eigenvalue weighted by Crippen LogP contribution is -2.25. The van der Waals surface area contributed by atoms with Crippen molar-refractivity contribution in [3.63, 3.8) is 0 Å². The van der Waals surface area contributed by atoms with Crippen molar-refractivity contribution in [2.75, 3.05) is 0 Å². The van der Waals surface area contributed by atoms with Crippen LogP contribution in [0.25, 0.3) is 11.0 Å². The first-order valence-corrected chi connectivity index (χ1v) is 11.2. The number of benzene rings is 2. The maximum atomic E-state index is 12.6. The number of hydrogen-bond acceptors (Lipinski definition) is 4. The summed E-state index contributed by atoms with van der Waals surface area (Å²) >= 11 is 6.21. The number of ketones is 1. The van der Waals surface area contributed by atoms with Crippen molar-refractivity contribution >= 4 is 28.4 Å². The third kappa shape index (κ3) is 4.51. The Balaban J connectivity index is 1.46. The van der Waals surface area contributed by atoms with Crippen molar-refractivity contribution in [2.45, 2.75) is 63.5 Å². The molecule has 0 bridgehead atoms.